The van der Waals surface area contributed by atoms with Crippen molar-refractivity contribution in [3.05, 3.63) is 146 Å². The summed E-state index contributed by atoms with van der Waals surface area (Å²) in [6.07, 6.45) is 7.91. The maximum Gasteiger partial charge on any atom is 0.184 e. The van der Waals surface area contributed by atoms with E-state index in [9.17, 15) is 5.11 Å². The van der Waals surface area contributed by atoms with Crippen molar-refractivity contribution in [1.29, 1.82) is 0 Å². The predicted molar refractivity (Wildman–Crippen MR) is 244 cm³/mol. The fourth-order valence-electron chi connectivity index (χ4n) is 8.78. The van der Waals surface area contributed by atoms with Gasteiger partial charge < -0.3 is 14.6 Å². The van der Waals surface area contributed by atoms with Gasteiger partial charge in [-0.3, -0.25) is 14.4 Å². The fourth-order valence-corrected chi connectivity index (χ4v) is 9.04. The Morgan fingerprint density at radius 1 is 0.767 bits per heavy atom. The first-order chi connectivity index (χ1) is 28.2. The number of hydrogen-bond acceptors (Lipinski definition) is 6. The molecule has 0 heterocycles. The van der Waals surface area contributed by atoms with Crippen molar-refractivity contribution in [3.8, 4) is 11.5 Å². The van der Waals surface area contributed by atoms with Crippen molar-refractivity contribution >= 4 is 46.3 Å². The lowest BCUT2D eigenvalue weighted by atomic mass is 9.38. The number of allylic oxidation sites excluding steroid dienone is 8. The van der Waals surface area contributed by atoms with E-state index in [1.54, 1.807) is 42.5 Å². The Morgan fingerprint density at radius 2 is 1.30 bits per heavy atom. The molecular weight excluding hydrogens is 791 g/mol. The van der Waals surface area contributed by atoms with E-state index in [2.05, 4.69) is 18.7 Å². The summed E-state index contributed by atoms with van der Waals surface area (Å²) in [5.41, 5.74) is 1.50. The van der Waals surface area contributed by atoms with Gasteiger partial charge >= 0.3 is 0 Å². The molecule has 1 N–H and O–H groups in total. The summed E-state index contributed by atoms with van der Waals surface area (Å²) in [7, 11) is 0. The van der Waals surface area contributed by atoms with Crippen LogP contribution in [-0.2, 0) is 27.6 Å². The minimum Gasteiger partial charge on any atom is -0.506 e. The van der Waals surface area contributed by atoms with Crippen LogP contribution in [0.5, 0.6) is 11.5 Å². The van der Waals surface area contributed by atoms with E-state index in [0.717, 1.165) is 33.4 Å². The van der Waals surface area contributed by atoms with Crippen LogP contribution in [0.15, 0.2) is 119 Å². The Labute approximate surface area is 367 Å². The number of ether oxygens (including phenoxy) is 2. The Hall–Kier alpha value is -4.65. The number of carbonyl (C=O) groups excluding carboxylic acids is 3. The van der Waals surface area contributed by atoms with Gasteiger partial charge in [0.05, 0.1) is 5.41 Å². The Morgan fingerprint density at radius 3 is 1.82 bits per heavy atom. The normalized spacial score (nSPS) is 22.1. The molecule has 60 heavy (non-hydrogen) atoms. The lowest BCUT2D eigenvalue weighted by Gasteiger charge is -2.60. The maximum atomic E-state index is 15.6. The van der Waals surface area contributed by atoms with Gasteiger partial charge in [0.2, 0.25) is 0 Å². The van der Waals surface area contributed by atoms with Gasteiger partial charge in [-0.1, -0.05) is 108 Å². The zero-order chi connectivity index (χ0) is 44.2. The SMILES string of the molecule is C=C(C)C(CC=C(C)C)CC12CC(CC=C(C)C)C(C)(C)C(CC=C(C)C)(C(=O)C(=C(O)c3ccc(OCc4ccc(Cl)cc4)c(OCc4ccc(Cl)cc4)c3)C1=O)C2=O. The molecule has 2 fully saturated rings. The third kappa shape index (κ3) is 9.61. The molecule has 6 nitrogen and oxygen atoms in total. The first kappa shape index (κ1) is 46.4. The summed E-state index contributed by atoms with van der Waals surface area (Å²) in [6, 6.07) is 19.4. The fraction of sp³-hybridized carbons (Fsp3) is 0.404. The van der Waals surface area contributed by atoms with E-state index >= 15 is 14.4 Å². The molecule has 0 saturated heterocycles. The van der Waals surface area contributed by atoms with E-state index in [4.69, 9.17) is 32.7 Å². The van der Waals surface area contributed by atoms with Gasteiger partial charge in [0.15, 0.2) is 28.8 Å². The van der Waals surface area contributed by atoms with Crippen molar-refractivity contribution in [2.24, 2.45) is 28.1 Å². The molecule has 0 aromatic heterocycles. The number of aliphatic hydroxyl groups excluding tert-OH is 1. The molecule has 0 aliphatic heterocycles. The van der Waals surface area contributed by atoms with Crippen LogP contribution < -0.4 is 9.47 Å². The van der Waals surface area contributed by atoms with E-state index in [1.165, 1.54) is 0 Å². The average Bonchev–Trinajstić information content (AvgIpc) is 3.18. The predicted octanol–water partition coefficient (Wildman–Crippen LogP) is 13.8. The van der Waals surface area contributed by atoms with Crippen LogP contribution in [-0.4, -0.2) is 22.5 Å². The number of carbonyl (C=O) groups is 3. The van der Waals surface area contributed by atoms with Gasteiger partial charge in [-0.05, 0) is 151 Å². The number of ketones is 3. The van der Waals surface area contributed by atoms with Gasteiger partial charge in [-0.25, -0.2) is 0 Å². The van der Waals surface area contributed by atoms with Crippen molar-refractivity contribution in [3.63, 3.8) is 0 Å². The van der Waals surface area contributed by atoms with Gasteiger partial charge in [0.1, 0.15) is 30.0 Å². The second-order valence-electron chi connectivity index (χ2n) is 18.1. The summed E-state index contributed by atoms with van der Waals surface area (Å²) in [6.45, 7) is 22.6. The summed E-state index contributed by atoms with van der Waals surface area (Å²) >= 11 is 12.3. The number of aliphatic hydroxyl groups is 1. The summed E-state index contributed by atoms with van der Waals surface area (Å²) < 4.78 is 12.6. The summed E-state index contributed by atoms with van der Waals surface area (Å²) in [5, 5.41) is 13.7. The molecule has 5 rings (SSSR count). The molecule has 4 atom stereocenters. The average molecular weight is 852 g/mol. The smallest absolute Gasteiger partial charge is 0.184 e. The van der Waals surface area contributed by atoms with Crippen LogP contribution in [0.1, 0.15) is 111 Å². The van der Waals surface area contributed by atoms with Gasteiger partial charge in [0, 0.05) is 15.6 Å². The highest BCUT2D eigenvalue weighted by atomic mass is 35.5. The quantitative estimate of drug-likeness (QED) is 0.0508. The molecule has 0 amide bonds. The largest absolute Gasteiger partial charge is 0.506 e. The number of Topliss-reactive ketones (excluding diaryl/α,β-unsaturated/α-hetero) is 3. The van der Waals surface area contributed by atoms with Crippen molar-refractivity contribution in [2.75, 3.05) is 0 Å². The highest BCUT2D eigenvalue weighted by Crippen LogP contribution is 2.66. The molecule has 2 saturated carbocycles. The molecule has 318 valence electrons. The van der Waals surface area contributed by atoms with Crippen LogP contribution >= 0.6 is 23.2 Å². The van der Waals surface area contributed by atoms with Gasteiger partial charge in [-0.2, -0.15) is 0 Å². The second kappa shape index (κ2) is 19.0. The highest BCUT2D eigenvalue weighted by Gasteiger charge is 2.74. The number of hydrogen-bond donors (Lipinski definition) is 1. The van der Waals surface area contributed by atoms with E-state index in [1.807, 2.05) is 92.7 Å². The lowest BCUT2D eigenvalue weighted by molar-refractivity contribution is -0.177. The Bertz CT molecular complexity index is 2250. The number of benzene rings is 3. The van der Waals surface area contributed by atoms with Crippen molar-refractivity contribution < 1.29 is 29.0 Å². The molecule has 2 aliphatic rings. The molecule has 2 bridgehead atoms. The van der Waals surface area contributed by atoms with E-state index < -0.39 is 33.6 Å². The van der Waals surface area contributed by atoms with Crippen LogP contribution in [0.4, 0.5) is 0 Å². The van der Waals surface area contributed by atoms with Crippen LogP contribution in [0.3, 0.4) is 0 Å². The minimum atomic E-state index is -1.63. The lowest BCUT2D eigenvalue weighted by Crippen LogP contribution is -2.69. The van der Waals surface area contributed by atoms with Gasteiger partial charge in [0.25, 0.3) is 0 Å². The number of fused-ring (bicyclic) bond motifs is 2. The topological polar surface area (TPSA) is 89.9 Å². The zero-order valence-electron chi connectivity index (χ0n) is 36.6. The zero-order valence-corrected chi connectivity index (χ0v) is 38.2. The molecule has 4 unspecified atom stereocenters. The molecule has 3 aromatic rings. The number of rotatable bonds is 16. The first-order valence-electron chi connectivity index (χ1n) is 20.8. The second-order valence-corrected chi connectivity index (χ2v) is 19.0. The minimum absolute atomic E-state index is 0.107. The van der Waals surface area contributed by atoms with E-state index in [-0.39, 0.29) is 67.0 Å². The third-order valence-corrected chi connectivity index (χ3v) is 13.1. The van der Waals surface area contributed by atoms with Crippen LogP contribution in [0.25, 0.3) is 5.76 Å². The maximum absolute atomic E-state index is 15.6. The van der Waals surface area contributed by atoms with Gasteiger partial charge in [-0.15, -0.1) is 0 Å². The molecular formula is C52H60Cl2O6. The molecule has 0 radical (unpaired) electrons. The molecule has 2 aliphatic carbocycles. The summed E-state index contributed by atoms with van der Waals surface area (Å²) in [5.74, 6) is -1.84. The van der Waals surface area contributed by atoms with Crippen molar-refractivity contribution in [2.45, 2.75) is 108 Å². The Balaban J connectivity index is 1.73. The highest BCUT2D eigenvalue weighted by molar-refractivity contribution is 6.41. The molecule has 8 heteroatoms. The van der Waals surface area contributed by atoms with Crippen molar-refractivity contribution in [1.82, 2.24) is 0 Å². The first-order valence-corrected chi connectivity index (χ1v) is 21.5. The standard InChI is InChI=1S/C52H60Cl2O6/c1-32(2)11-17-39(35(7)8)28-51-29-40(19-12-33(3)4)50(9,10)52(49(51)58,26-25-34(5)6)48(57)45(47(51)56)46(55)38-18-24-43(59-30-36-13-20-41(53)21-14-36)44(27-38)60-31-37-15-22-42(54)23-16-37/h11-16,18,20-25,27,39-40,55H,7,17,19,26,28-31H2,1-6,8-10H3. The molecule has 3 aromatic carbocycles. The van der Waals surface area contributed by atoms with E-state index in [0.29, 0.717) is 28.6 Å². The monoisotopic (exact) mass is 850 g/mol. The number of halogens is 2. The Kier molecular flexibility index (Phi) is 14.7. The molecule has 0 spiro atoms. The third-order valence-electron chi connectivity index (χ3n) is 12.6. The van der Waals surface area contributed by atoms with Crippen LogP contribution in [0, 0.1) is 28.1 Å². The summed E-state index contributed by atoms with van der Waals surface area (Å²) in [4.78, 5) is 46.7. The van der Waals surface area contributed by atoms with Crippen LogP contribution in [0.2, 0.25) is 10.0 Å².